The summed E-state index contributed by atoms with van der Waals surface area (Å²) in [6.07, 6.45) is 15.5. The van der Waals surface area contributed by atoms with E-state index >= 15 is 0 Å². The zero-order chi connectivity index (χ0) is 30.1. The minimum absolute atomic E-state index is 0.226. The molecule has 0 fully saturated rings. The molecule has 8 bridgehead atoms. The highest BCUT2D eigenvalue weighted by atomic mass is 16.2. The van der Waals surface area contributed by atoms with Gasteiger partial charge in [-0.15, -0.1) is 0 Å². The maximum absolute atomic E-state index is 10.8. The number of aliphatic imine (C=N–C) groups is 3. The average molecular weight is 565 g/mol. The Labute approximate surface area is 252 Å². The van der Waals surface area contributed by atoms with Gasteiger partial charge >= 0.3 is 0 Å². The summed E-state index contributed by atoms with van der Waals surface area (Å²) in [7, 11) is 0. The van der Waals surface area contributed by atoms with Crippen LogP contribution in [0.3, 0.4) is 0 Å². The van der Waals surface area contributed by atoms with Crippen molar-refractivity contribution in [3.8, 4) is 0 Å². The third-order valence-corrected chi connectivity index (χ3v) is 9.67. The fourth-order valence-corrected chi connectivity index (χ4v) is 7.68. The fourth-order valence-electron chi connectivity index (χ4n) is 7.68. The van der Waals surface area contributed by atoms with Crippen LogP contribution in [-0.2, 0) is 12.8 Å². The molecule has 5 rings (SSSR count). The lowest BCUT2D eigenvalue weighted by atomic mass is 9.81. The maximum Gasteiger partial charge on any atom is 0.0904 e. The first-order valence-corrected chi connectivity index (χ1v) is 16.4. The highest BCUT2D eigenvalue weighted by Crippen LogP contribution is 2.43. The molecular formula is C37H48N4O. The van der Waals surface area contributed by atoms with Crippen LogP contribution in [0.4, 0.5) is 0 Å². The lowest BCUT2D eigenvalue weighted by Gasteiger charge is -2.20. The summed E-state index contributed by atoms with van der Waals surface area (Å²) < 4.78 is 0. The number of aromatic amines is 1. The Hall–Kier alpha value is -3.47. The largest absolute Gasteiger partial charge is 0.515 e. The summed E-state index contributed by atoms with van der Waals surface area (Å²) in [4.78, 5) is 19.7. The third-order valence-electron chi connectivity index (χ3n) is 9.67. The van der Waals surface area contributed by atoms with E-state index < -0.39 is 0 Å². The smallest absolute Gasteiger partial charge is 0.0904 e. The van der Waals surface area contributed by atoms with Crippen molar-refractivity contribution in [1.82, 2.24) is 4.98 Å². The van der Waals surface area contributed by atoms with Gasteiger partial charge in [0, 0.05) is 28.9 Å². The van der Waals surface area contributed by atoms with Gasteiger partial charge in [0.15, 0.2) is 0 Å². The van der Waals surface area contributed by atoms with Gasteiger partial charge in [0.25, 0.3) is 0 Å². The second-order valence-electron chi connectivity index (χ2n) is 11.6. The molecule has 5 nitrogen and oxygen atoms in total. The van der Waals surface area contributed by atoms with Crippen LogP contribution < -0.4 is 0 Å². The van der Waals surface area contributed by atoms with Crippen molar-refractivity contribution in [2.75, 3.05) is 0 Å². The van der Waals surface area contributed by atoms with E-state index in [-0.39, 0.29) is 11.8 Å². The predicted octanol–water partition coefficient (Wildman–Crippen LogP) is 9.81. The van der Waals surface area contributed by atoms with Crippen LogP contribution in [0.5, 0.6) is 0 Å². The fraction of sp³-hybridized carbons (Fsp3) is 0.486. The van der Waals surface area contributed by atoms with Gasteiger partial charge in [-0.3, -0.25) is 4.99 Å². The summed E-state index contributed by atoms with van der Waals surface area (Å²) in [5.74, 6) is 0.513. The molecule has 1 aromatic heterocycles. The number of hydrogen-bond donors (Lipinski definition) is 2. The number of aromatic nitrogens is 1. The number of nitrogens with zero attached hydrogens (tertiary/aromatic N) is 3. The summed E-state index contributed by atoms with van der Waals surface area (Å²) in [6.45, 7) is 17.8. The molecule has 0 aliphatic carbocycles. The van der Waals surface area contributed by atoms with Gasteiger partial charge < -0.3 is 10.1 Å². The molecule has 0 saturated heterocycles. The number of aliphatic hydroxyl groups excluding tert-OH is 1. The summed E-state index contributed by atoms with van der Waals surface area (Å²) >= 11 is 0. The van der Waals surface area contributed by atoms with Crippen molar-refractivity contribution < 1.29 is 5.11 Å². The standard InChI is InChI=1S/C37H48N4O/c1-9-21-23(11-3)32-18-34-25(13-5)27(15-7)36(40-34)29(20-42)37-28(16-8)26(14-6)35(41-37)19-33-24(12-4)22(10-2)31(39-33)17-30(21)38-32/h17-20,25,27,38,42H,9-16H2,1-8H3/b29-20+,31-17?,34-18?,35-19?/t25-,27-/m0/s1. The summed E-state index contributed by atoms with van der Waals surface area (Å²) in [5, 5.41) is 10.8. The molecule has 0 unspecified atom stereocenters. The summed E-state index contributed by atoms with van der Waals surface area (Å²) in [5.41, 5.74) is 16.9. The number of allylic oxidation sites excluding steroid dienone is 7. The number of nitrogens with one attached hydrogen (secondary N) is 1. The Morgan fingerprint density at radius 1 is 0.643 bits per heavy atom. The van der Waals surface area contributed by atoms with Crippen LogP contribution in [0.1, 0.15) is 116 Å². The van der Waals surface area contributed by atoms with Crippen LogP contribution in [-0.4, -0.2) is 27.2 Å². The normalized spacial score (nSPS) is 22.9. The molecule has 0 saturated carbocycles. The van der Waals surface area contributed by atoms with Crippen LogP contribution in [0.25, 0.3) is 12.2 Å². The molecule has 4 aliphatic heterocycles. The van der Waals surface area contributed by atoms with Crippen molar-refractivity contribution in [2.45, 2.75) is 107 Å². The molecule has 4 aliphatic rings. The molecule has 42 heavy (non-hydrogen) atoms. The predicted molar refractivity (Wildman–Crippen MR) is 179 cm³/mol. The lowest BCUT2D eigenvalue weighted by Crippen LogP contribution is -2.23. The van der Waals surface area contributed by atoms with Gasteiger partial charge in [-0.1, -0.05) is 55.4 Å². The minimum Gasteiger partial charge on any atom is -0.515 e. The highest BCUT2D eigenvalue weighted by Gasteiger charge is 2.38. The van der Waals surface area contributed by atoms with Gasteiger partial charge in [-0.05, 0) is 103 Å². The van der Waals surface area contributed by atoms with Gasteiger partial charge in [0.2, 0.25) is 0 Å². The second-order valence-corrected chi connectivity index (χ2v) is 11.6. The third kappa shape index (κ3) is 4.75. The van der Waals surface area contributed by atoms with E-state index in [0.717, 1.165) is 103 Å². The van der Waals surface area contributed by atoms with Crippen LogP contribution in [0, 0.1) is 11.8 Å². The zero-order valence-corrected chi connectivity index (χ0v) is 26.9. The molecule has 0 radical (unpaired) electrons. The number of H-pyrrole nitrogens is 1. The first-order chi connectivity index (χ1) is 20.4. The highest BCUT2D eigenvalue weighted by molar-refractivity contribution is 6.33. The van der Waals surface area contributed by atoms with Crippen molar-refractivity contribution in [3.05, 3.63) is 79.8 Å². The topological polar surface area (TPSA) is 73.1 Å². The van der Waals surface area contributed by atoms with Crippen LogP contribution in [0.2, 0.25) is 0 Å². The van der Waals surface area contributed by atoms with Crippen molar-refractivity contribution in [3.63, 3.8) is 0 Å². The molecular weight excluding hydrogens is 516 g/mol. The Morgan fingerprint density at radius 3 is 1.76 bits per heavy atom. The quantitative estimate of drug-likeness (QED) is 0.303. The SMILES string of the molecule is CCC1=C(CC)C2=NC1=Cc1[nH]c(c(CC)c1CC)C=C1N=C(/C(=C\O)C3=NC(=C2)C(CC)=C3CC)[C@@H](CC)[C@@H]1CC. The second kappa shape index (κ2) is 12.4. The van der Waals surface area contributed by atoms with E-state index in [1.807, 2.05) is 0 Å². The Morgan fingerprint density at radius 2 is 1.21 bits per heavy atom. The van der Waals surface area contributed by atoms with Crippen molar-refractivity contribution >= 4 is 29.3 Å². The molecule has 222 valence electrons. The minimum atomic E-state index is 0.226. The van der Waals surface area contributed by atoms with Crippen LogP contribution in [0.15, 0.2) is 72.3 Å². The van der Waals surface area contributed by atoms with E-state index in [1.165, 1.54) is 39.7 Å². The van der Waals surface area contributed by atoms with E-state index in [2.05, 4.69) is 78.6 Å². The molecule has 5 heteroatoms. The van der Waals surface area contributed by atoms with Gasteiger partial charge in [-0.2, -0.15) is 0 Å². The van der Waals surface area contributed by atoms with E-state index in [4.69, 9.17) is 15.0 Å². The Balaban J connectivity index is 1.88. The lowest BCUT2D eigenvalue weighted by molar-refractivity contribution is 0.464. The molecule has 0 aromatic carbocycles. The number of rotatable bonds is 8. The van der Waals surface area contributed by atoms with Crippen LogP contribution >= 0.6 is 0 Å². The van der Waals surface area contributed by atoms with E-state index in [0.29, 0.717) is 0 Å². The van der Waals surface area contributed by atoms with Gasteiger partial charge in [0.05, 0.1) is 40.4 Å². The number of hydrogen-bond acceptors (Lipinski definition) is 4. The Kier molecular flexibility index (Phi) is 8.86. The summed E-state index contributed by atoms with van der Waals surface area (Å²) in [6, 6.07) is 0. The monoisotopic (exact) mass is 564 g/mol. The molecule has 0 amide bonds. The first-order valence-electron chi connectivity index (χ1n) is 16.4. The average Bonchev–Trinajstić information content (AvgIpc) is 3.72. The molecule has 5 heterocycles. The zero-order valence-electron chi connectivity index (χ0n) is 26.9. The maximum atomic E-state index is 10.8. The molecule has 1 aromatic rings. The number of fused-ring (bicyclic) bond motifs is 5. The van der Waals surface area contributed by atoms with Crippen molar-refractivity contribution in [2.24, 2.45) is 26.8 Å². The first kappa shape index (κ1) is 30.0. The molecule has 2 atom stereocenters. The Bertz CT molecular complexity index is 1560. The molecule has 2 N–H and O–H groups in total. The van der Waals surface area contributed by atoms with E-state index in [1.54, 1.807) is 0 Å². The van der Waals surface area contributed by atoms with Gasteiger partial charge in [0.1, 0.15) is 0 Å². The van der Waals surface area contributed by atoms with E-state index in [9.17, 15) is 5.11 Å². The molecule has 0 spiro atoms. The van der Waals surface area contributed by atoms with Gasteiger partial charge in [-0.25, -0.2) is 9.98 Å². The number of aliphatic hydroxyl groups is 1. The van der Waals surface area contributed by atoms with Crippen molar-refractivity contribution in [1.29, 1.82) is 0 Å².